The van der Waals surface area contributed by atoms with Gasteiger partial charge in [-0.3, -0.25) is 4.90 Å². The molecule has 0 amide bonds. The lowest BCUT2D eigenvalue weighted by Gasteiger charge is -2.27. The van der Waals surface area contributed by atoms with E-state index in [1.807, 2.05) is 11.9 Å². The summed E-state index contributed by atoms with van der Waals surface area (Å²) < 4.78 is 31.5. The van der Waals surface area contributed by atoms with Crippen molar-refractivity contribution in [1.29, 1.82) is 0 Å². The summed E-state index contributed by atoms with van der Waals surface area (Å²) in [5.41, 5.74) is 6.11. The van der Waals surface area contributed by atoms with Gasteiger partial charge in [-0.25, -0.2) is 8.78 Å². The van der Waals surface area contributed by atoms with Gasteiger partial charge in [0.1, 0.15) is 11.6 Å². The van der Waals surface area contributed by atoms with E-state index in [0.717, 1.165) is 19.0 Å². The van der Waals surface area contributed by atoms with Gasteiger partial charge in [0.25, 0.3) is 0 Å². The highest BCUT2D eigenvalue weighted by Gasteiger charge is 2.19. The van der Waals surface area contributed by atoms with Crippen molar-refractivity contribution in [3.63, 3.8) is 0 Å². The van der Waals surface area contributed by atoms with Gasteiger partial charge < -0.3 is 10.5 Å². The first-order valence-electron chi connectivity index (χ1n) is 5.94. The minimum absolute atomic E-state index is 0.248. The molecule has 0 spiro atoms. The first-order chi connectivity index (χ1) is 8.60. The molecule has 0 fully saturated rings. The van der Waals surface area contributed by atoms with E-state index in [1.54, 1.807) is 7.11 Å². The van der Waals surface area contributed by atoms with Crippen LogP contribution in [0.3, 0.4) is 0 Å². The number of benzene rings is 1. The van der Waals surface area contributed by atoms with Gasteiger partial charge in [-0.15, -0.1) is 0 Å². The molecule has 1 rings (SSSR count). The van der Waals surface area contributed by atoms with E-state index >= 15 is 0 Å². The van der Waals surface area contributed by atoms with Crippen molar-refractivity contribution in [2.75, 3.05) is 33.9 Å². The molecule has 0 aliphatic carbocycles. The average molecular weight is 258 g/mol. The number of nitrogens with two attached hydrogens (primary N) is 1. The van der Waals surface area contributed by atoms with E-state index in [4.69, 9.17) is 10.5 Å². The molecule has 0 saturated heterocycles. The normalized spacial score (nSPS) is 13.0. The van der Waals surface area contributed by atoms with Gasteiger partial charge in [0.05, 0.1) is 0 Å². The van der Waals surface area contributed by atoms with Gasteiger partial charge in [-0.05, 0) is 19.5 Å². The smallest absolute Gasteiger partial charge is 0.130 e. The molecule has 1 aromatic carbocycles. The maximum atomic E-state index is 13.7. The summed E-state index contributed by atoms with van der Waals surface area (Å²) >= 11 is 0. The van der Waals surface area contributed by atoms with Crippen molar-refractivity contribution >= 4 is 0 Å². The number of hydrogen-bond acceptors (Lipinski definition) is 3. The van der Waals surface area contributed by atoms with Crippen LogP contribution in [-0.2, 0) is 4.74 Å². The Morgan fingerprint density at radius 2 is 2.11 bits per heavy atom. The topological polar surface area (TPSA) is 38.5 Å². The molecule has 5 heteroatoms. The fourth-order valence-corrected chi connectivity index (χ4v) is 1.93. The molecule has 0 radical (unpaired) electrons. The lowest BCUT2D eigenvalue weighted by atomic mass is 10.0. The molecular weight excluding hydrogens is 238 g/mol. The molecule has 0 aliphatic heterocycles. The highest BCUT2D eigenvalue weighted by Crippen LogP contribution is 2.22. The molecule has 1 unspecified atom stereocenters. The van der Waals surface area contributed by atoms with Crippen molar-refractivity contribution in [2.45, 2.75) is 12.5 Å². The number of rotatable bonds is 7. The van der Waals surface area contributed by atoms with Crippen molar-refractivity contribution in [1.82, 2.24) is 4.90 Å². The number of ether oxygens (including phenoxy) is 1. The van der Waals surface area contributed by atoms with Crippen LogP contribution in [0.2, 0.25) is 0 Å². The first-order valence-corrected chi connectivity index (χ1v) is 5.94. The van der Waals surface area contributed by atoms with Crippen LogP contribution < -0.4 is 5.73 Å². The second-order valence-electron chi connectivity index (χ2n) is 4.24. The zero-order valence-corrected chi connectivity index (χ0v) is 10.8. The summed E-state index contributed by atoms with van der Waals surface area (Å²) in [7, 11) is 3.51. The van der Waals surface area contributed by atoms with Gasteiger partial charge in [0, 0.05) is 44.5 Å². The van der Waals surface area contributed by atoms with Crippen molar-refractivity contribution in [3.05, 3.63) is 35.4 Å². The number of hydrogen-bond donors (Lipinski definition) is 1. The zero-order chi connectivity index (χ0) is 13.5. The lowest BCUT2D eigenvalue weighted by molar-refractivity contribution is 0.165. The molecule has 3 nitrogen and oxygen atoms in total. The Balaban J connectivity index is 2.75. The Hall–Kier alpha value is -1.04. The molecule has 1 atom stereocenters. The number of methoxy groups -OCH3 is 1. The number of nitrogens with zero attached hydrogens (tertiary/aromatic N) is 1. The summed E-state index contributed by atoms with van der Waals surface area (Å²) in [6, 6.07) is 3.35. The highest BCUT2D eigenvalue weighted by molar-refractivity contribution is 5.22. The fraction of sp³-hybridized carbons (Fsp3) is 0.538. The van der Waals surface area contributed by atoms with E-state index in [1.165, 1.54) is 12.1 Å². The van der Waals surface area contributed by atoms with E-state index in [9.17, 15) is 8.78 Å². The van der Waals surface area contributed by atoms with Gasteiger partial charge in [-0.1, -0.05) is 6.07 Å². The van der Waals surface area contributed by atoms with E-state index in [0.29, 0.717) is 12.2 Å². The van der Waals surface area contributed by atoms with Gasteiger partial charge >= 0.3 is 0 Å². The maximum Gasteiger partial charge on any atom is 0.130 e. The second-order valence-corrected chi connectivity index (χ2v) is 4.24. The molecule has 0 bridgehead atoms. The van der Waals surface area contributed by atoms with Crippen LogP contribution in [0, 0.1) is 11.6 Å². The summed E-state index contributed by atoms with van der Waals surface area (Å²) in [5, 5.41) is 0. The van der Waals surface area contributed by atoms with Crippen LogP contribution >= 0.6 is 0 Å². The molecule has 0 aromatic heterocycles. The highest BCUT2D eigenvalue weighted by atomic mass is 19.1. The standard InChI is InChI=1S/C13H20F2N2O/c1-17(6-3-7-18-2)13(9-16)11-5-4-10(14)8-12(11)15/h4-5,8,13H,3,6-7,9,16H2,1-2H3. The maximum absolute atomic E-state index is 13.7. The third-order valence-electron chi connectivity index (χ3n) is 2.94. The molecule has 18 heavy (non-hydrogen) atoms. The summed E-state index contributed by atoms with van der Waals surface area (Å²) in [6.45, 7) is 1.67. The van der Waals surface area contributed by atoms with Crippen LogP contribution in [0.4, 0.5) is 8.78 Å². The molecule has 0 aliphatic rings. The molecule has 1 aromatic rings. The van der Waals surface area contributed by atoms with Crippen LogP contribution in [0.1, 0.15) is 18.0 Å². The minimum atomic E-state index is -0.575. The number of likely N-dealkylation sites (N-methyl/N-ethyl adjacent to an activating group) is 1. The van der Waals surface area contributed by atoms with Crippen LogP contribution in [0.25, 0.3) is 0 Å². The zero-order valence-electron chi connectivity index (χ0n) is 10.8. The average Bonchev–Trinajstić information content (AvgIpc) is 2.33. The summed E-state index contributed by atoms with van der Waals surface area (Å²) in [5.74, 6) is -1.13. The SMILES string of the molecule is COCCCN(C)C(CN)c1ccc(F)cc1F. The van der Waals surface area contributed by atoms with Crippen molar-refractivity contribution < 1.29 is 13.5 Å². The third-order valence-corrected chi connectivity index (χ3v) is 2.94. The quantitative estimate of drug-likeness (QED) is 0.760. The monoisotopic (exact) mass is 258 g/mol. The van der Waals surface area contributed by atoms with Crippen LogP contribution in [0.5, 0.6) is 0 Å². The Kier molecular flexibility index (Phi) is 6.18. The second kappa shape index (κ2) is 7.41. The third kappa shape index (κ3) is 4.01. The van der Waals surface area contributed by atoms with Crippen molar-refractivity contribution in [3.8, 4) is 0 Å². The molecular formula is C13H20F2N2O. The lowest BCUT2D eigenvalue weighted by Crippen LogP contribution is -2.32. The van der Waals surface area contributed by atoms with Gasteiger partial charge in [-0.2, -0.15) is 0 Å². The Morgan fingerprint density at radius 3 is 2.67 bits per heavy atom. The Bertz CT molecular complexity index is 374. The first kappa shape index (κ1) is 15.0. The van der Waals surface area contributed by atoms with Crippen LogP contribution in [-0.4, -0.2) is 38.8 Å². The minimum Gasteiger partial charge on any atom is -0.385 e. The largest absolute Gasteiger partial charge is 0.385 e. The predicted molar refractivity (Wildman–Crippen MR) is 67.3 cm³/mol. The van der Waals surface area contributed by atoms with E-state index in [-0.39, 0.29) is 12.6 Å². The molecule has 102 valence electrons. The predicted octanol–water partition coefficient (Wildman–Crippen LogP) is 1.93. The molecule has 0 heterocycles. The van der Waals surface area contributed by atoms with Gasteiger partial charge in [0.2, 0.25) is 0 Å². The molecule has 0 saturated carbocycles. The van der Waals surface area contributed by atoms with E-state index in [2.05, 4.69) is 0 Å². The summed E-state index contributed by atoms with van der Waals surface area (Å²) in [6.07, 6.45) is 0.840. The summed E-state index contributed by atoms with van der Waals surface area (Å²) in [4.78, 5) is 1.95. The van der Waals surface area contributed by atoms with Crippen LogP contribution in [0.15, 0.2) is 18.2 Å². The number of halogens is 2. The van der Waals surface area contributed by atoms with E-state index < -0.39 is 11.6 Å². The van der Waals surface area contributed by atoms with Gasteiger partial charge in [0.15, 0.2) is 0 Å². The Morgan fingerprint density at radius 1 is 1.39 bits per heavy atom. The Labute approximate surface area is 107 Å². The molecule has 2 N–H and O–H groups in total. The van der Waals surface area contributed by atoms with Crippen molar-refractivity contribution in [2.24, 2.45) is 5.73 Å². The fourth-order valence-electron chi connectivity index (χ4n) is 1.93.